The molecule has 5 radical (unpaired) electrons. The first-order chi connectivity index (χ1) is 64.5. The van der Waals surface area contributed by atoms with Gasteiger partial charge in [0.05, 0.1) is 47.7 Å². The van der Waals surface area contributed by atoms with Crippen molar-refractivity contribution in [3.05, 3.63) is 424 Å². The van der Waals surface area contributed by atoms with Crippen molar-refractivity contribution in [1.29, 1.82) is 0 Å². The third kappa shape index (κ3) is 41.9. The molecule has 6 aromatic heterocycles. The Morgan fingerprint density at radius 2 is 0.695 bits per heavy atom. The number of hydrogen-bond acceptors (Lipinski definition) is 14. The van der Waals surface area contributed by atoms with Crippen molar-refractivity contribution in [2.75, 3.05) is 0 Å². The zero-order chi connectivity index (χ0) is 99.5. The summed E-state index contributed by atoms with van der Waals surface area (Å²) >= 11 is 0. The van der Waals surface area contributed by atoms with Crippen LogP contribution in [0.5, 0.6) is 0 Å². The van der Waals surface area contributed by atoms with Crippen molar-refractivity contribution in [2.24, 2.45) is 0 Å². The molecular formula is C121H122Ir5N6O8Si-6. The molecule has 739 valence electrons. The van der Waals surface area contributed by atoms with Gasteiger partial charge in [0.15, 0.2) is 23.1 Å². The Bertz CT molecular complexity index is 6930. The van der Waals surface area contributed by atoms with E-state index in [-0.39, 0.29) is 147 Å². The van der Waals surface area contributed by atoms with Crippen molar-refractivity contribution in [2.45, 2.75) is 158 Å². The minimum Gasteiger partial charge on any atom is -0.512 e. The number of allylic oxidation sites excluding steroid dienone is 8. The number of aliphatic hydroxyl groups excluding tert-OH is 4. The molecule has 6 heterocycles. The quantitative estimate of drug-likeness (QED) is 0.0409. The van der Waals surface area contributed by atoms with Gasteiger partial charge in [-0.1, -0.05) is 206 Å². The molecule has 0 aliphatic carbocycles. The van der Waals surface area contributed by atoms with E-state index >= 15 is 0 Å². The first-order valence-corrected chi connectivity index (χ1v) is 48.3. The van der Waals surface area contributed by atoms with Gasteiger partial charge in [0.2, 0.25) is 0 Å². The fraction of sp³-hybridized carbons (Fsp3) is 0.190. The van der Waals surface area contributed by atoms with Crippen LogP contribution >= 0.6 is 0 Å². The summed E-state index contributed by atoms with van der Waals surface area (Å²) in [6.45, 7) is 43.8. The summed E-state index contributed by atoms with van der Waals surface area (Å²) in [5, 5.41) is 43.4. The van der Waals surface area contributed by atoms with Crippen LogP contribution in [0.1, 0.15) is 122 Å². The number of benzene rings is 11. The first-order valence-electron chi connectivity index (χ1n) is 44.8. The number of aliphatic hydroxyl groups is 4. The van der Waals surface area contributed by atoms with Crippen molar-refractivity contribution < 1.29 is 140 Å². The minimum atomic E-state index is -1.28. The summed E-state index contributed by atoms with van der Waals surface area (Å²) in [5.74, 6) is -0.250. The molecule has 0 amide bonds. The standard InChI is InChI=1S/C20H22NSi.2C19H18N.C17H14N.C15H10N.C11H8N.4C5H8O2.5Ir/c1-14-10-15(2)12-17(11-14)20-8-6-16-13-18(22(3,4)5)7-9-19(16)21-20;1-12-7-13(2)10-16(9-12)18-6-5-17-15(4)8-14(3)11-19(17)20-18;1-12-5-6-17-15(4)11-18(20-19(17)10-12)16-8-13(2)7-14(3)9-16;1-12-6-5-8-14(10-12)17-13(2)16-9-4-3-7-15(16)11-18-17;1-2-6-12(7-3-1)15-10-13-8-4-5-9-14(13)11-16-15;1-2-6-10(7-3-1)11-8-4-5-9-12-11;4*1-4(6)3-5(2)7;;;;;/h6-11,13H,1-5H3;5-9,11H,1-4H3;5-8,10-11H,1-4H3;3-7,9-11H,1-2H3;1-6,8-11H;1-6,8-9H;4*3,6H,1-2H3;;;;;/q6*-1;;;;;;;;;. The zero-order valence-corrected chi connectivity index (χ0v) is 97.0. The largest absolute Gasteiger partial charge is 0.512 e. The van der Waals surface area contributed by atoms with E-state index in [9.17, 15) is 19.2 Å². The molecule has 0 saturated carbocycles. The average Bonchev–Trinajstić information content (AvgIpc) is 0.803. The third-order valence-electron chi connectivity index (χ3n) is 20.3. The van der Waals surface area contributed by atoms with Gasteiger partial charge in [0.25, 0.3) is 0 Å². The Morgan fingerprint density at radius 3 is 1.16 bits per heavy atom. The molecule has 0 spiro atoms. The topological polar surface area (TPSA) is 227 Å². The van der Waals surface area contributed by atoms with E-state index in [1.54, 1.807) is 6.20 Å². The molecule has 0 atom stereocenters. The summed E-state index contributed by atoms with van der Waals surface area (Å²) in [4.78, 5) is 67.8. The van der Waals surface area contributed by atoms with E-state index in [2.05, 4.69) is 318 Å². The minimum absolute atomic E-state index is 0. The average molecular weight is 2780 g/mol. The molecule has 20 heteroatoms. The van der Waals surface area contributed by atoms with Gasteiger partial charge in [0.1, 0.15) is 0 Å². The van der Waals surface area contributed by atoms with E-state index in [0.29, 0.717) is 0 Å². The summed E-state index contributed by atoms with van der Waals surface area (Å²) in [6.07, 6.45) is 10.3. The second kappa shape index (κ2) is 60.9. The summed E-state index contributed by atoms with van der Waals surface area (Å²) in [7, 11) is -1.28. The molecule has 4 N–H and O–H groups in total. The molecule has 0 fully saturated rings. The van der Waals surface area contributed by atoms with Crippen molar-refractivity contribution >= 4 is 90.6 Å². The van der Waals surface area contributed by atoms with Crippen LogP contribution in [0.15, 0.2) is 321 Å². The first kappa shape index (κ1) is 123. The van der Waals surface area contributed by atoms with Gasteiger partial charge in [-0.3, -0.25) is 34.1 Å². The molecule has 0 aliphatic rings. The van der Waals surface area contributed by atoms with Gasteiger partial charge in [-0.05, 0) is 198 Å². The van der Waals surface area contributed by atoms with E-state index in [0.717, 1.165) is 101 Å². The van der Waals surface area contributed by atoms with Crippen LogP contribution in [0.2, 0.25) is 19.6 Å². The van der Waals surface area contributed by atoms with Crippen LogP contribution < -0.4 is 5.19 Å². The molecule has 11 aromatic carbocycles. The SMILES string of the molecule is CC(=O)C=C(C)O.CC(=O)C=C(C)O.CC(=O)C=C(C)O.CC(=O)C=C(C)O.Cc1[c-]c(-c2cc(C)c3ccc(C)cc3n2)cc(C)c1.Cc1[c-]c(-c2ccc3c(C)cc(C)cc3n2)cc(C)c1.Cc1[c-]c(-c2ccc3cc([Si](C)(C)C)ccc3n2)cc(C)c1.Cc1cc[c-]c(-c2ncc3ccccc3c2C)c1.[Ir].[Ir].[Ir].[Ir].[Ir].[c-]1ccccc1-c1cc2ccccc2cn1.[c-]1ccccc1-c1ccccn1. The van der Waals surface area contributed by atoms with Gasteiger partial charge >= 0.3 is 0 Å². The zero-order valence-electron chi connectivity index (χ0n) is 84.1. The Hall–Kier alpha value is -12.1. The molecule has 0 aliphatic heterocycles. The van der Waals surface area contributed by atoms with Crippen LogP contribution in [0, 0.1) is 119 Å². The van der Waals surface area contributed by atoms with Crippen LogP contribution in [0.3, 0.4) is 0 Å². The molecule has 17 aromatic rings. The Balaban J connectivity index is 0.000000412. The molecule has 17 rings (SSSR count). The summed E-state index contributed by atoms with van der Waals surface area (Å²) in [6, 6.07) is 107. The number of fused-ring (bicyclic) bond motifs is 5. The van der Waals surface area contributed by atoms with Gasteiger partial charge in [0, 0.05) is 154 Å². The van der Waals surface area contributed by atoms with Crippen molar-refractivity contribution in [3.63, 3.8) is 0 Å². The fourth-order valence-electron chi connectivity index (χ4n) is 14.6. The summed E-state index contributed by atoms with van der Waals surface area (Å²) < 4.78 is 0. The van der Waals surface area contributed by atoms with Crippen molar-refractivity contribution in [1.82, 2.24) is 29.9 Å². The van der Waals surface area contributed by atoms with Gasteiger partial charge in [-0.25, -0.2) is 0 Å². The number of hydrogen-bond donors (Lipinski definition) is 4. The maximum atomic E-state index is 10.0. The molecule has 0 unspecified atom stereocenters. The van der Waals surface area contributed by atoms with Crippen LogP contribution in [0.4, 0.5) is 0 Å². The fourth-order valence-corrected chi connectivity index (χ4v) is 15.7. The normalized spacial score (nSPS) is 10.6. The number of aromatic nitrogens is 6. The monoisotopic (exact) mass is 2780 g/mol. The number of rotatable bonds is 11. The Labute approximate surface area is 901 Å². The second-order valence-corrected chi connectivity index (χ2v) is 39.8. The molecule has 0 saturated heterocycles. The number of aryl methyl sites for hydroxylation is 12. The number of carbonyl (C=O) groups excluding carboxylic acids is 4. The van der Waals surface area contributed by atoms with Gasteiger partial charge in [-0.15, -0.1) is 212 Å². The van der Waals surface area contributed by atoms with Gasteiger partial charge in [-0.2, -0.15) is 0 Å². The number of nitrogens with zero attached hydrogens (tertiary/aromatic N) is 6. The number of ketones is 4. The second-order valence-electron chi connectivity index (χ2n) is 34.7. The van der Waals surface area contributed by atoms with Gasteiger partial charge < -0.3 is 35.4 Å². The third-order valence-corrected chi connectivity index (χ3v) is 22.4. The van der Waals surface area contributed by atoms with E-state index < -0.39 is 8.07 Å². The van der Waals surface area contributed by atoms with E-state index in [4.69, 9.17) is 35.4 Å². The number of carbonyl (C=O) groups is 4. The maximum absolute atomic E-state index is 10.0. The molecule has 14 nitrogen and oxygen atoms in total. The molecule has 141 heavy (non-hydrogen) atoms. The maximum Gasteiger partial charge on any atom is 0.155 e. The molecule has 0 bridgehead atoms. The predicted octanol–water partition coefficient (Wildman–Crippen LogP) is 29.4. The van der Waals surface area contributed by atoms with Crippen LogP contribution in [-0.2, 0) is 120 Å². The number of pyridine rings is 6. The Kier molecular flexibility index (Phi) is 53.2. The van der Waals surface area contributed by atoms with E-state index in [1.165, 1.54) is 173 Å². The van der Waals surface area contributed by atoms with Crippen LogP contribution in [0.25, 0.3) is 122 Å². The Morgan fingerprint density at radius 1 is 0.291 bits per heavy atom. The summed E-state index contributed by atoms with van der Waals surface area (Å²) in [5.41, 5.74) is 30.2. The van der Waals surface area contributed by atoms with Crippen LogP contribution in [-0.4, -0.2) is 81.5 Å². The van der Waals surface area contributed by atoms with E-state index in [1.807, 2.05) is 103 Å². The van der Waals surface area contributed by atoms with Crippen molar-refractivity contribution in [3.8, 4) is 67.5 Å². The molecular weight excluding hydrogens is 2650 g/mol. The smallest absolute Gasteiger partial charge is 0.155 e. The predicted molar refractivity (Wildman–Crippen MR) is 567 cm³/mol.